The van der Waals surface area contributed by atoms with Gasteiger partial charge in [0.05, 0.1) is 24.5 Å². The van der Waals surface area contributed by atoms with E-state index in [1.165, 1.54) is 0 Å². The van der Waals surface area contributed by atoms with Crippen LogP contribution in [0.2, 0.25) is 0 Å². The van der Waals surface area contributed by atoms with Crippen molar-refractivity contribution in [2.75, 3.05) is 7.11 Å². The molecule has 5 heteroatoms. The highest BCUT2D eigenvalue weighted by Gasteiger charge is 2.19. The maximum atomic E-state index is 5.77. The summed E-state index contributed by atoms with van der Waals surface area (Å²) in [4.78, 5) is 0. The molecule has 0 fully saturated rings. The number of nitrogens with zero attached hydrogens (tertiary/aromatic N) is 2. The number of hydrazine groups is 1. The highest BCUT2D eigenvalue weighted by atomic mass is 16.5. The minimum Gasteiger partial charge on any atom is -0.497 e. The summed E-state index contributed by atoms with van der Waals surface area (Å²) in [6.07, 6.45) is 0.909. The summed E-state index contributed by atoms with van der Waals surface area (Å²) < 4.78 is 7.13. The van der Waals surface area contributed by atoms with E-state index in [9.17, 15) is 0 Å². The fourth-order valence-electron chi connectivity index (χ4n) is 2.42. The van der Waals surface area contributed by atoms with Crippen molar-refractivity contribution in [2.24, 2.45) is 12.9 Å². The third-order valence-corrected chi connectivity index (χ3v) is 3.58. The number of nitrogens with one attached hydrogen (secondary N) is 1. The molecule has 20 heavy (non-hydrogen) atoms. The van der Waals surface area contributed by atoms with E-state index in [0.717, 1.165) is 34.7 Å². The lowest BCUT2D eigenvalue weighted by Gasteiger charge is -2.19. The van der Waals surface area contributed by atoms with Crippen molar-refractivity contribution in [1.29, 1.82) is 0 Å². The van der Waals surface area contributed by atoms with E-state index in [1.807, 2.05) is 29.9 Å². The Balaban J connectivity index is 2.43. The fraction of sp³-hybridized carbons (Fsp3) is 0.400. The van der Waals surface area contributed by atoms with Gasteiger partial charge in [0.25, 0.3) is 0 Å². The van der Waals surface area contributed by atoms with Gasteiger partial charge in [0.15, 0.2) is 0 Å². The van der Waals surface area contributed by atoms with Gasteiger partial charge in [0.2, 0.25) is 0 Å². The second kappa shape index (κ2) is 6.07. The second-order valence-electron chi connectivity index (χ2n) is 4.86. The Kier molecular flexibility index (Phi) is 4.42. The number of aromatic nitrogens is 2. The summed E-state index contributed by atoms with van der Waals surface area (Å²) in [5.41, 5.74) is 7.26. The predicted molar refractivity (Wildman–Crippen MR) is 79.5 cm³/mol. The van der Waals surface area contributed by atoms with E-state index in [4.69, 9.17) is 10.6 Å². The van der Waals surface area contributed by atoms with E-state index in [1.54, 1.807) is 7.11 Å². The molecule has 0 saturated heterocycles. The minimum absolute atomic E-state index is 0.0845. The van der Waals surface area contributed by atoms with Gasteiger partial charge in [-0.25, -0.2) is 5.43 Å². The minimum atomic E-state index is -0.0845. The summed E-state index contributed by atoms with van der Waals surface area (Å²) >= 11 is 0. The van der Waals surface area contributed by atoms with E-state index in [-0.39, 0.29) is 6.04 Å². The van der Waals surface area contributed by atoms with Crippen molar-refractivity contribution >= 4 is 0 Å². The van der Waals surface area contributed by atoms with Crippen LogP contribution in [0.3, 0.4) is 0 Å². The summed E-state index contributed by atoms with van der Waals surface area (Å²) in [6.45, 7) is 4.15. The molecule has 108 valence electrons. The zero-order chi connectivity index (χ0) is 14.7. The van der Waals surface area contributed by atoms with Gasteiger partial charge in [-0.15, -0.1) is 0 Å². The maximum Gasteiger partial charge on any atom is 0.119 e. The molecule has 0 aliphatic heterocycles. The van der Waals surface area contributed by atoms with Crippen LogP contribution in [-0.2, 0) is 13.5 Å². The standard InChI is InChI=1S/C15H22N4O/c1-5-11-9-14(19(3)18-11)15(17-16)13-7-6-12(20-4)8-10(13)2/h6-9,15,17H,5,16H2,1-4H3. The van der Waals surface area contributed by atoms with Crippen LogP contribution in [0.25, 0.3) is 0 Å². The lowest BCUT2D eigenvalue weighted by Crippen LogP contribution is -2.30. The Bertz CT molecular complexity index is 592. The van der Waals surface area contributed by atoms with Crippen LogP contribution in [-0.4, -0.2) is 16.9 Å². The van der Waals surface area contributed by atoms with Crippen LogP contribution < -0.4 is 16.0 Å². The molecule has 0 spiro atoms. The quantitative estimate of drug-likeness (QED) is 0.645. The van der Waals surface area contributed by atoms with Gasteiger partial charge in [-0.1, -0.05) is 13.0 Å². The molecule has 5 nitrogen and oxygen atoms in total. The van der Waals surface area contributed by atoms with Gasteiger partial charge in [0, 0.05) is 7.05 Å². The van der Waals surface area contributed by atoms with Crippen molar-refractivity contribution in [2.45, 2.75) is 26.3 Å². The lowest BCUT2D eigenvalue weighted by atomic mass is 9.98. The molecule has 1 heterocycles. The predicted octanol–water partition coefficient (Wildman–Crippen LogP) is 1.85. The van der Waals surface area contributed by atoms with Crippen LogP contribution in [0.15, 0.2) is 24.3 Å². The average Bonchev–Trinajstić information content (AvgIpc) is 2.82. The highest BCUT2D eigenvalue weighted by Crippen LogP contribution is 2.27. The zero-order valence-electron chi connectivity index (χ0n) is 12.5. The molecule has 0 amide bonds. The molecule has 0 saturated carbocycles. The molecule has 0 bridgehead atoms. The Morgan fingerprint density at radius 2 is 2.15 bits per heavy atom. The normalized spacial score (nSPS) is 12.4. The van der Waals surface area contributed by atoms with Gasteiger partial charge in [-0.2, -0.15) is 5.10 Å². The summed E-state index contributed by atoms with van der Waals surface area (Å²) in [6, 6.07) is 8.00. The molecule has 2 aromatic rings. The Labute approximate surface area is 119 Å². The highest BCUT2D eigenvalue weighted by molar-refractivity contribution is 5.40. The largest absolute Gasteiger partial charge is 0.497 e. The first-order chi connectivity index (χ1) is 9.60. The van der Waals surface area contributed by atoms with E-state index < -0.39 is 0 Å². The van der Waals surface area contributed by atoms with E-state index in [0.29, 0.717) is 0 Å². The molecule has 1 unspecified atom stereocenters. The smallest absolute Gasteiger partial charge is 0.119 e. The molecule has 0 aliphatic rings. The van der Waals surface area contributed by atoms with Crippen LogP contribution in [0.1, 0.15) is 35.5 Å². The molecule has 1 aromatic carbocycles. The number of hydrogen-bond acceptors (Lipinski definition) is 4. The zero-order valence-corrected chi connectivity index (χ0v) is 12.5. The van der Waals surface area contributed by atoms with Gasteiger partial charge in [-0.05, 0) is 42.7 Å². The van der Waals surface area contributed by atoms with Crippen molar-refractivity contribution < 1.29 is 4.74 Å². The molecule has 0 radical (unpaired) electrons. The van der Waals surface area contributed by atoms with Crippen LogP contribution in [0.5, 0.6) is 5.75 Å². The molecule has 1 aromatic heterocycles. The molecule has 3 N–H and O–H groups in total. The number of nitrogens with two attached hydrogens (primary N) is 1. The van der Waals surface area contributed by atoms with Crippen molar-refractivity contribution in [3.8, 4) is 5.75 Å². The van der Waals surface area contributed by atoms with E-state index >= 15 is 0 Å². The van der Waals surface area contributed by atoms with Crippen molar-refractivity contribution in [1.82, 2.24) is 15.2 Å². The van der Waals surface area contributed by atoms with Gasteiger partial charge < -0.3 is 4.74 Å². The van der Waals surface area contributed by atoms with Crippen LogP contribution >= 0.6 is 0 Å². The molecule has 1 atom stereocenters. The third kappa shape index (κ3) is 2.69. The first-order valence-electron chi connectivity index (χ1n) is 6.74. The Morgan fingerprint density at radius 1 is 1.40 bits per heavy atom. The summed E-state index contributed by atoms with van der Waals surface area (Å²) in [5.74, 6) is 6.62. The van der Waals surface area contributed by atoms with Gasteiger partial charge >= 0.3 is 0 Å². The van der Waals surface area contributed by atoms with E-state index in [2.05, 4.69) is 30.4 Å². The summed E-state index contributed by atoms with van der Waals surface area (Å²) in [5, 5.41) is 4.48. The first-order valence-corrected chi connectivity index (χ1v) is 6.74. The number of benzene rings is 1. The lowest BCUT2D eigenvalue weighted by molar-refractivity contribution is 0.414. The van der Waals surface area contributed by atoms with Crippen molar-refractivity contribution in [3.05, 3.63) is 46.8 Å². The molecular formula is C15H22N4O. The topological polar surface area (TPSA) is 65.1 Å². The number of hydrogen-bond donors (Lipinski definition) is 2. The Hall–Kier alpha value is -1.85. The Morgan fingerprint density at radius 3 is 2.65 bits per heavy atom. The average molecular weight is 274 g/mol. The SMILES string of the molecule is CCc1cc(C(NN)c2ccc(OC)cc2C)n(C)n1. The molecule has 0 aliphatic carbocycles. The number of ether oxygens (including phenoxy) is 1. The molecule has 2 rings (SSSR count). The summed E-state index contributed by atoms with van der Waals surface area (Å²) in [7, 11) is 3.61. The fourth-order valence-corrected chi connectivity index (χ4v) is 2.42. The number of methoxy groups -OCH3 is 1. The van der Waals surface area contributed by atoms with Crippen molar-refractivity contribution in [3.63, 3.8) is 0 Å². The number of aryl methyl sites for hydroxylation is 3. The maximum absolute atomic E-state index is 5.77. The monoisotopic (exact) mass is 274 g/mol. The van der Waals surface area contributed by atoms with Gasteiger partial charge in [0.1, 0.15) is 5.75 Å². The van der Waals surface area contributed by atoms with Crippen LogP contribution in [0, 0.1) is 6.92 Å². The van der Waals surface area contributed by atoms with Gasteiger partial charge in [-0.3, -0.25) is 10.5 Å². The number of rotatable bonds is 5. The second-order valence-corrected chi connectivity index (χ2v) is 4.86. The third-order valence-electron chi connectivity index (χ3n) is 3.58. The first kappa shape index (κ1) is 14.6. The molecular weight excluding hydrogens is 252 g/mol. The van der Waals surface area contributed by atoms with Crippen LogP contribution in [0.4, 0.5) is 0 Å².